The summed E-state index contributed by atoms with van der Waals surface area (Å²) in [6.07, 6.45) is 0. The molecular weight excluding hydrogens is 228 g/mol. The number of rotatable bonds is 2. The summed E-state index contributed by atoms with van der Waals surface area (Å²) >= 11 is 5.79. The SMILES string of the molecule is CC(C)(O)C(=O)Nc1ccc(C#N)c(Cl)c1. The zero-order valence-electron chi connectivity index (χ0n) is 8.91. The summed E-state index contributed by atoms with van der Waals surface area (Å²) in [6, 6.07) is 6.43. The van der Waals surface area contributed by atoms with Crippen LogP contribution in [0.5, 0.6) is 0 Å². The Balaban J connectivity index is 2.89. The highest BCUT2D eigenvalue weighted by Crippen LogP contribution is 2.20. The van der Waals surface area contributed by atoms with Crippen molar-refractivity contribution in [3.05, 3.63) is 28.8 Å². The molecule has 0 fully saturated rings. The van der Waals surface area contributed by atoms with E-state index in [0.29, 0.717) is 11.3 Å². The standard InChI is InChI=1S/C11H11ClN2O2/c1-11(2,16)10(15)14-8-4-3-7(6-13)9(12)5-8/h3-5,16H,1-2H3,(H,14,15). The molecule has 0 saturated carbocycles. The average molecular weight is 239 g/mol. The quantitative estimate of drug-likeness (QED) is 0.827. The first-order chi connectivity index (χ1) is 7.34. The molecule has 0 atom stereocenters. The van der Waals surface area contributed by atoms with Crippen LogP contribution in [-0.4, -0.2) is 16.6 Å². The number of anilines is 1. The van der Waals surface area contributed by atoms with Crippen molar-refractivity contribution in [2.45, 2.75) is 19.4 Å². The monoisotopic (exact) mass is 238 g/mol. The Hall–Kier alpha value is -1.57. The number of carbonyl (C=O) groups excluding carboxylic acids is 1. The van der Waals surface area contributed by atoms with E-state index in [4.69, 9.17) is 16.9 Å². The summed E-state index contributed by atoms with van der Waals surface area (Å²) in [7, 11) is 0. The normalized spacial score (nSPS) is 10.7. The third-order valence-electron chi connectivity index (χ3n) is 1.90. The molecule has 0 radical (unpaired) electrons. The van der Waals surface area contributed by atoms with E-state index < -0.39 is 11.5 Å². The Morgan fingerprint density at radius 3 is 2.62 bits per heavy atom. The van der Waals surface area contributed by atoms with Gasteiger partial charge < -0.3 is 10.4 Å². The fraction of sp³-hybridized carbons (Fsp3) is 0.273. The van der Waals surface area contributed by atoms with E-state index in [1.807, 2.05) is 6.07 Å². The number of halogens is 1. The van der Waals surface area contributed by atoms with Crippen molar-refractivity contribution in [2.24, 2.45) is 0 Å². The van der Waals surface area contributed by atoms with Crippen molar-refractivity contribution >= 4 is 23.2 Å². The van der Waals surface area contributed by atoms with Gasteiger partial charge in [-0.1, -0.05) is 11.6 Å². The van der Waals surface area contributed by atoms with Gasteiger partial charge in [0.25, 0.3) is 5.91 Å². The Bertz CT molecular complexity index is 458. The highest BCUT2D eigenvalue weighted by molar-refractivity contribution is 6.32. The van der Waals surface area contributed by atoms with Gasteiger partial charge in [-0.3, -0.25) is 4.79 Å². The smallest absolute Gasteiger partial charge is 0.255 e. The lowest BCUT2D eigenvalue weighted by Gasteiger charge is -2.16. The van der Waals surface area contributed by atoms with E-state index in [9.17, 15) is 9.90 Å². The average Bonchev–Trinajstić information content (AvgIpc) is 2.16. The van der Waals surface area contributed by atoms with Crippen LogP contribution in [0.3, 0.4) is 0 Å². The minimum atomic E-state index is -1.46. The van der Waals surface area contributed by atoms with E-state index in [0.717, 1.165) is 0 Å². The molecule has 1 rings (SSSR count). The lowest BCUT2D eigenvalue weighted by atomic mass is 10.1. The van der Waals surface area contributed by atoms with Crippen LogP contribution in [0.1, 0.15) is 19.4 Å². The number of amides is 1. The molecule has 0 aliphatic rings. The van der Waals surface area contributed by atoms with Crippen LogP contribution >= 0.6 is 11.6 Å². The first-order valence-electron chi connectivity index (χ1n) is 4.58. The number of hydrogen-bond acceptors (Lipinski definition) is 3. The van der Waals surface area contributed by atoms with Gasteiger partial charge in [0.15, 0.2) is 0 Å². The van der Waals surface area contributed by atoms with Crippen molar-refractivity contribution in [1.82, 2.24) is 0 Å². The second kappa shape index (κ2) is 4.52. The van der Waals surface area contributed by atoms with Crippen LogP contribution in [0.15, 0.2) is 18.2 Å². The van der Waals surface area contributed by atoms with Crippen molar-refractivity contribution in [3.8, 4) is 6.07 Å². The van der Waals surface area contributed by atoms with E-state index in [2.05, 4.69) is 5.32 Å². The number of hydrogen-bond donors (Lipinski definition) is 2. The van der Waals surface area contributed by atoms with E-state index in [1.54, 1.807) is 6.07 Å². The lowest BCUT2D eigenvalue weighted by molar-refractivity contribution is -0.130. The maximum absolute atomic E-state index is 11.4. The highest BCUT2D eigenvalue weighted by Gasteiger charge is 2.23. The van der Waals surface area contributed by atoms with Gasteiger partial charge in [-0.15, -0.1) is 0 Å². The number of aliphatic hydroxyl groups is 1. The molecule has 2 N–H and O–H groups in total. The molecule has 1 aromatic carbocycles. The predicted octanol–water partition coefficient (Wildman–Crippen LogP) is 1.92. The van der Waals surface area contributed by atoms with Crippen LogP contribution in [0, 0.1) is 11.3 Å². The van der Waals surface area contributed by atoms with Crippen LogP contribution in [0.4, 0.5) is 5.69 Å². The van der Waals surface area contributed by atoms with E-state index in [1.165, 1.54) is 26.0 Å². The third-order valence-corrected chi connectivity index (χ3v) is 2.22. The van der Waals surface area contributed by atoms with E-state index >= 15 is 0 Å². The molecule has 0 aliphatic carbocycles. The van der Waals surface area contributed by atoms with Gasteiger partial charge in [0.2, 0.25) is 0 Å². The molecule has 1 amide bonds. The third kappa shape index (κ3) is 2.96. The minimum Gasteiger partial charge on any atom is -0.381 e. The molecule has 0 spiro atoms. The number of nitrogens with zero attached hydrogens (tertiary/aromatic N) is 1. The zero-order valence-corrected chi connectivity index (χ0v) is 9.67. The Kier molecular flexibility index (Phi) is 3.53. The molecule has 0 unspecified atom stereocenters. The molecule has 0 aromatic heterocycles. The second-order valence-corrected chi connectivity index (χ2v) is 4.23. The van der Waals surface area contributed by atoms with Crippen molar-refractivity contribution in [3.63, 3.8) is 0 Å². The van der Waals surface area contributed by atoms with Crippen molar-refractivity contribution in [1.29, 1.82) is 5.26 Å². The van der Waals surface area contributed by atoms with Gasteiger partial charge in [0.05, 0.1) is 10.6 Å². The molecule has 0 bridgehead atoms. The fourth-order valence-corrected chi connectivity index (χ4v) is 1.19. The summed E-state index contributed by atoms with van der Waals surface area (Å²) in [4.78, 5) is 11.4. The number of nitrogens with one attached hydrogen (secondary N) is 1. The van der Waals surface area contributed by atoms with Crippen LogP contribution in [-0.2, 0) is 4.79 Å². The van der Waals surface area contributed by atoms with Gasteiger partial charge in [0.1, 0.15) is 11.7 Å². The summed E-state index contributed by atoms with van der Waals surface area (Å²) in [5.74, 6) is -0.534. The Morgan fingerprint density at radius 2 is 2.19 bits per heavy atom. The van der Waals surface area contributed by atoms with Gasteiger partial charge in [-0.2, -0.15) is 5.26 Å². The maximum Gasteiger partial charge on any atom is 0.255 e. The van der Waals surface area contributed by atoms with Crippen molar-refractivity contribution < 1.29 is 9.90 Å². The van der Waals surface area contributed by atoms with Crippen molar-refractivity contribution in [2.75, 3.05) is 5.32 Å². The van der Waals surface area contributed by atoms with Gasteiger partial charge in [-0.25, -0.2) is 0 Å². The second-order valence-electron chi connectivity index (χ2n) is 3.82. The largest absolute Gasteiger partial charge is 0.381 e. The van der Waals surface area contributed by atoms with Gasteiger partial charge in [-0.05, 0) is 32.0 Å². The predicted molar refractivity (Wildman–Crippen MR) is 61.1 cm³/mol. The summed E-state index contributed by atoms with van der Waals surface area (Å²) < 4.78 is 0. The summed E-state index contributed by atoms with van der Waals surface area (Å²) in [5.41, 5.74) is -0.681. The molecule has 1 aromatic rings. The number of nitriles is 1. The maximum atomic E-state index is 11.4. The molecular formula is C11H11ClN2O2. The summed E-state index contributed by atoms with van der Waals surface area (Å²) in [6.45, 7) is 2.77. The Labute approximate surface area is 98.5 Å². The molecule has 0 aliphatic heterocycles. The molecule has 0 heterocycles. The molecule has 4 nitrogen and oxygen atoms in total. The first kappa shape index (κ1) is 12.5. The van der Waals surface area contributed by atoms with Crippen LogP contribution in [0.25, 0.3) is 0 Å². The zero-order chi connectivity index (χ0) is 12.3. The minimum absolute atomic E-state index is 0.260. The fourth-order valence-electron chi connectivity index (χ4n) is 0.968. The molecule has 0 saturated heterocycles. The summed E-state index contributed by atoms with van der Waals surface area (Å²) in [5, 5.41) is 20.8. The first-order valence-corrected chi connectivity index (χ1v) is 4.96. The topological polar surface area (TPSA) is 73.1 Å². The van der Waals surface area contributed by atoms with Crippen LogP contribution < -0.4 is 5.32 Å². The lowest BCUT2D eigenvalue weighted by Crippen LogP contribution is -2.36. The molecule has 84 valence electrons. The number of carbonyl (C=O) groups is 1. The van der Waals surface area contributed by atoms with E-state index in [-0.39, 0.29) is 5.02 Å². The highest BCUT2D eigenvalue weighted by atomic mass is 35.5. The van der Waals surface area contributed by atoms with Gasteiger partial charge in [0, 0.05) is 5.69 Å². The molecule has 16 heavy (non-hydrogen) atoms. The molecule has 5 heteroatoms. The van der Waals surface area contributed by atoms with Gasteiger partial charge >= 0.3 is 0 Å². The number of benzene rings is 1. The Morgan fingerprint density at radius 1 is 1.56 bits per heavy atom. The van der Waals surface area contributed by atoms with Crippen LogP contribution in [0.2, 0.25) is 5.02 Å².